The maximum absolute atomic E-state index is 12.4. The number of unbranched alkanes of at least 4 members (excludes halogenated alkanes) is 15. The van der Waals surface area contributed by atoms with Crippen LogP contribution in [-0.2, 0) is 10.0 Å². The molecule has 0 unspecified atom stereocenters. The van der Waals surface area contributed by atoms with Crippen LogP contribution in [0.15, 0.2) is 28.6 Å². The molecule has 4 nitrogen and oxygen atoms in total. The quantitative estimate of drug-likeness (QED) is 0.215. The van der Waals surface area contributed by atoms with Crippen LogP contribution in [0.2, 0.25) is 0 Å². The van der Waals surface area contributed by atoms with Crippen molar-refractivity contribution in [1.29, 1.82) is 0 Å². The number of benzene rings is 1. The fourth-order valence-corrected chi connectivity index (χ4v) is 6.24. The Morgan fingerprint density at radius 3 is 1.74 bits per heavy atom. The number of aromatic nitrogens is 1. The molecule has 2 aromatic rings. The first-order valence-electron chi connectivity index (χ1n) is 12.5. The van der Waals surface area contributed by atoms with E-state index in [9.17, 15) is 8.42 Å². The number of sulfonamides is 1. The number of thiazole rings is 1. The van der Waals surface area contributed by atoms with Crippen molar-refractivity contribution in [3.05, 3.63) is 24.3 Å². The van der Waals surface area contributed by atoms with Gasteiger partial charge < -0.3 is 0 Å². The van der Waals surface area contributed by atoms with E-state index in [0.29, 0.717) is 6.54 Å². The summed E-state index contributed by atoms with van der Waals surface area (Å²) in [5.74, 6) is 0. The molecule has 0 fully saturated rings. The molecule has 0 aliphatic heterocycles. The van der Waals surface area contributed by atoms with Gasteiger partial charge in [-0.3, -0.25) is 0 Å². The molecule has 1 aromatic carbocycles. The Morgan fingerprint density at radius 2 is 1.23 bits per heavy atom. The SMILES string of the molecule is CCCCCCCCCCCCCCCCCCNS(=O)(=O)c1nc2ccccc2s1. The zero-order valence-corrected chi connectivity index (χ0v) is 21.0. The standard InChI is InChI=1S/C25H42N2O2S2/c1-2-3-4-5-6-7-8-9-10-11-12-13-14-15-16-19-22-26-31(28,29)25-27-23-20-17-18-21-24(23)30-25/h17-18,20-21,26H,2-16,19,22H2,1H3. The molecule has 0 aliphatic rings. The van der Waals surface area contributed by atoms with Gasteiger partial charge in [0.25, 0.3) is 10.0 Å². The second-order valence-electron chi connectivity index (χ2n) is 8.65. The molecule has 6 heteroatoms. The van der Waals surface area contributed by atoms with Crippen molar-refractivity contribution in [1.82, 2.24) is 9.71 Å². The van der Waals surface area contributed by atoms with Gasteiger partial charge in [-0.25, -0.2) is 18.1 Å². The third-order valence-electron chi connectivity index (χ3n) is 5.83. The maximum Gasteiger partial charge on any atom is 0.267 e. The van der Waals surface area contributed by atoms with Crippen LogP contribution in [0.4, 0.5) is 0 Å². The summed E-state index contributed by atoms with van der Waals surface area (Å²) in [6.07, 6.45) is 21.1. The van der Waals surface area contributed by atoms with Gasteiger partial charge in [-0.05, 0) is 18.6 Å². The third-order valence-corrected chi connectivity index (χ3v) is 8.70. The van der Waals surface area contributed by atoms with Crippen molar-refractivity contribution in [2.75, 3.05) is 6.54 Å². The monoisotopic (exact) mass is 466 g/mol. The molecule has 0 radical (unpaired) electrons. The maximum atomic E-state index is 12.4. The molecule has 176 valence electrons. The van der Waals surface area contributed by atoms with Crippen LogP contribution in [0.3, 0.4) is 0 Å². The average molecular weight is 467 g/mol. The Morgan fingerprint density at radius 1 is 0.742 bits per heavy atom. The predicted molar refractivity (Wildman–Crippen MR) is 134 cm³/mol. The van der Waals surface area contributed by atoms with E-state index in [1.54, 1.807) is 0 Å². The topological polar surface area (TPSA) is 59.1 Å². The van der Waals surface area contributed by atoms with E-state index in [0.717, 1.165) is 23.1 Å². The van der Waals surface area contributed by atoms with E-state index >= 15 is 0 Å². The number of hydrogen-bond acceptors (Lipinski definition) is 4. The van der Waals surface area contributed by atoms with Gasteiger partial charge >= 0.3 is 0 Å². The number of nitrogens with one attached hydrogen (secondary N) is 1. The second-order valence-corrected chi connectivity index (χ2v) is 11.6. The average Bonchev–Trinajstić information content (AvgIpc) is 3.21. The largest absolute Gasteiger partial charge is 0.267 e. The molecule has 0 aliphatic carbocycles. The Bertz CT molecular complexity index is 785. The van der Waals surface area contributed by atoms with Gasteiger partial charge in [0.05, 0.1) is 10.2 Å². The van der Waals surface area contributed by atoms with Gasteiger partial charge in [0.2, 0.25) is 4.34 Å². The highest BCUT2D eigenvalue weighted by Crippen LogP contribution is 2.24. The molecule has 0 saturated carbocycles. The normalized spacial score (nSPS) is 12.0. The zero-order chi connectivity index (χ0) is 22.2. The van der Waals surface area contributed by atoms with E-state index in [1.165, 1.54) is 101 Å². The van der Waals surface area contributed by atoms with E-state index in [2.05, 4.69) is 16.6 Å². The van der Waals surface area contributed by atoms with Crippen LogP contribution in [0.1, 0.15) is 110 Å². The van der Waals surface area contributed by atoms with Crippen molar-refractivity contribution in [2.24, 2.45) is 0 Å². The summed E-state index contributed by atoms with van der Waals surface area (Å²) in [5, 5.41) is 0. The van der Waals surface area contributed by atoms with Crippen molar-refractivity contribution in [3.8, 4) is 0 Å². The van der Waals surface area contributed by atoms with Crippen LogP contribution in [0.5, 0.6) is 0 Å². The lowest BCUT2D eigenvalue weighted by atomic mass is 10.0. The Balaban J connectivity index is 1.39. The minimum absolute atomic E-state index is 0.171. The first-order valence-corrected chi connectivity index (χ1v) is 14.8. The molecule has 1 N–H and O–H groups in total. The summed E-state index contributed by atoms with van der Waals surface area (Å²) >= 11 is 1.23. The number of rotatable bonds is 19. The summed E-state index contributed by atoms with van der Waals surface area (Å²) in [6, 6.07) is 7.53. The first-order chi connectivity index (χ1) is 15.1. The van der Waals surface area contributed by atoms with Gasteiger partial charge in [-0.1, -0.05) is 115 Å². The fourth-order valence-electron chi connectivity index (χ4n) is 3.91. The number of nitrogens with zero attached hydrogens (tertiary/aromatic N) is 1. The molecule has 0 spiro atoms. The minimum atomic E-state index is -3.49. The smallest absolute Gasteiger partial charge is 0.224 e. The van der Waals surface area contributed by atoms with Crippen LogP contribution >= 0.6 is 11.3 Å². The van der Waals surface area contributed by atoms with E-state index < -0.39 is 10.0 Å². The fraction of sp³-hybridized carbons (Fsp3) is 0.720. The van der Waals surface area contributed by atoms with Crippen LogP contribution < -0.4 is 4.72 Å². The molecule has 2 rings (SSSR count). The predicted octanol–water partition coefficient (Wildman–Crippen LogP) is 7.84. The van der Waals surface area contributed by atoms with E-state index in [4.69, 9.17) is 0 Å². The van der Waals surface area contributed by atoms with Crippen molar-refractivity contribution in [2.45, 2.75) is 114 Å². The summed E-state index contributed by atoms with van der Waals surface area (Å²) in [7, 11) is -3.49. The summed E-state index contributed by atoms with van der Waals surface area (Å²) in [6.45, 7) is 2.77. The Kier molecular flexibility index (Phi) is 13.4. The van der Waals surface area contributed by atoms with Crippen LogP contribution in [0.25, 0.3) is 10.2 Å². The van der Waals surface area contributed by atoms with E-state index in [1.807, 2.05) is 24.3 Å². The van der Waals surface area contributed by atoms with Gasteiger partial charge in [0, 0.05) is 6.54 Å². The lowest BCUT2D eigenvalue weighted by Crippen LogP contribution is -2.24. The molecule has 1 aromatic heterocycles. The molecule has 0 atom stereocenters. The lowest BCUT2D eigenvalue weighted by molar-refractivity contribution is 0.528. The second kappa shape index (κ2) is 15.8. The number of hydrogen-bond donors (Lipinski definition) is 1. The molecular formula is C25H42N2O2S2. The lowest BCUT2D eigenvalue weighted by Gasteiger charge is -2.05. The molecule has 0 saturated heterocycles. The highest BCUT2D eigenvalue weighted by atomic mass is 32.2. The number of fused-ring (bicyclic) bond motifs is 1. The number of para-hydroxylation sites is 1. The Hall–Kier alpha value is -0.980. The molecule has 1 heterocycles. The minimum Gasteiger partial charge on any atom is -0.224 e. The van der Waals surface area contributed by atoms with Gasteiger partial charge in [-0.2, -0.15) is 0 Å². The molecular weight excluding hydrogens is 424 g/mol. The van der Waals surface area contributed by atoms with Crippen LogP contribution in [-0.4, -0.2) is 19.9 Å². The van der Waals surface area contributed by atoms with Crippen LogP contribution in [0, 0.1) is 0 Å². The Labute approximate surface area is 194 Å². The summed E-state index contributed by atoms with van der Waals surface area (Å²) in [4.78, 5) is 4.25. The van der Waals surface area contributed by atoms with Crippen molar-refractivity contribution in [3.63, 3.8) is 0 Å². The molecule has 31 heavy (non-hydrogen) atoms. The van der Waals surface area contributed by atoms with Gasteiger partial charge in [0.15, 0.2) is 0 Å². The van der Waals surface area contributed by atoms with E-state index in [-0.39, 0.29) is 4.34 Å². The third kappa shape index (κ3) is 10.9. The van der Waals surface area contributed by atoms with Crippen molar-refractivity contribution < 1.29 is 8.42 Å². The highest BCUT2D eigenvalue weighted by Gasteiger charge is 2.18. The van der Waals surface area contributed by atoms with Crippen molar-refractivity contribution >= 4 is 31.6 Å². The molecule has 0 bridgehead atoms. The summed E-state index contributed by atoms with van der Waals surface area (Å²) < 4.78 is 28.6. The zero-order valence-electron chi connectivity index (χ0n) is 19.4. The summed E-state index contributed by atoms with van der Waals surface area (Å²) in [5.41, 5.74) is 0.746. The van der Waals surface area contributed by atoms with Gasteiger partial charge in [0.1, 0.15) is 0 Å². The molecule has 0 amide bonds. The van der Waals surface area contributed by atoms with Gasteiger partial charge in [-0.15, -0.1) is 11.3 Å². The first kappa shape index (κ1) is 26.3. The highest BCUT2D eigenvalue weighted by molar-refractivity contribution is 7.91.